The van der Waals surface area contributed by atoms with Gasteiger partial charge in [-0.15, -0.1) is 11.3 Å². The lowest BCUT2D eigenvalue weighted by Gasteiger charge is -2.08. The average molecular weight is 304 g/mol. The molecule has 0 atom stereocenters. The molecule has 1 heterocycles. The summed E-state index contributed by atoms with van der Waals surface area (Å²) in [5, 5.41) is 1.95. The number of alkyl halides is 3. The molecule has 0 spiro atoms. The first kappa shape index (κ1) is 14.4. The second-order valence-electron chi connectivity index (χ2n) is 3.96. The molecular formula is C12H8F4N2OS. The quantitative estimate of drug-likeness (QED) is 0.886. The summed E-state index contributed by atoms with van der Waals surface area (Å²) in [7, 11) is 0. The number of carbonyl (C=O) groups is 1. The van der Waals surface area contributed by atoms with Gasteiger partial charge in [-0.3, -0.25) is 4.79 Å². The van der Waals surface area contributed by atoms with Crippen molar-refractivity contribution in [2.45, 2.75) is 12.6 Å². The maximum atomic E-state index is 13.4. The Kier molecular flexibility index (Phi) is 3.76. The second-order valence-corrected chi connectivity index (χ2v) is 4.90. The molecule has 0 bridgehead atoms. The fourth-order valence-corrected chi connectivity index (χ4v) is 2.39. The minimum atomic E-state index is -4.73. The molecular weight excluding hydrogens is 296 g/mol. The van der Waals surface area contributed by atoms with Crippen LogP contribution in [0.1, 0.15) is 10.6 Å². The van der Waals surface area contributed by atoms with Gasteiger partial charge in [-0.05, 0) is 12.1 Å². The summed E-state index contributed by atoms with van der Waals surface area (Å²) in [6.45, 7) is 0. The summed E-state index contributed by atoms with van der Waals surface area (Å²) in [4.78, 5) is 14.8. The molecule has 1 aromatic carbocycles. The molecule has 0 aliphatic carbocycles. The highest BCUT2D eigenvalue weighted by atomic mass is 32.1. The highest BCUT2D eigenvalue weighted by molar-refractivity contribution is 7.10. The third-order valence-electron chi connectivity index (χ3n) is 2.45. The molecule has 1 amide bonds. The fraction of sp³-hybridized carbons (Fsp3) is 0.167. The SMILES string of the molecule is NC(=O)Cc1nc(-c2ccc(C(F)(F)F)c(F)c2)cs1. The normalized spacial score (nSPS) is 11.6. The molecule has 0 aliphatic heterocycles. The third-order valence-corrected chi connectivity index (χ3v) is 3.30. The predicted molar refractivity (Wildman–Crippen MR) is 65.4 cm³/mol. The van der Waals surface area contributed by atoms with Gasteiger partial charge in [-0.1, -0.05) is 6.07 Å². The number of thiazole rings is 1. The van der Waals surface area contributed by atoms with Crippen LogP contribution in [0, 0.1) is 5.82 Å². The molecule has 1 aromatic heterocycles. The van der Waals surface area contributed by atoms with E-state index in [9.17, 15) is 22.4 Å². The van der Waals surface area contributed by atoms with Crippen molar-refractivity contribution < 1.29 is 22.4 Å². The van der Waals surface area contributed by atoms with Crippen LogP contribution in [-0.2, 0) is 17.4 Å². The molecule has 0 radical (unpaired) electrons. The average Bonchev–Trinajstić information content (AvgIpc) is 2.74. The van der Waals surface area contributed by atoms with Crippen molar-refractivity contribution in [2.24, 2.45) is 5.73 Å². The molecule has 8 heteroatoms. The van der Waals surface area contributed by atoms with Crippen LogP contribution in [0.5, 0.6) is 0 Å². The number of hydrogen-bond donors (Lipinski definition) is 1. The lowest BCUT2D eigenvalue weighted by molar-refractivity contribution is -0.140. The summed E-state index contributed by atoms with van der Waals surface area (Å²) >= 11 is 1.13. The van der Waals surface area contributed by atoms with E-state index >= 15 is 0 Å². The maximum Gasteiger partial charge on any atom is 0.419 e. The molecule has 2 rings (SSSR count). The number of halogens is 4. The number of amides is 1. The lowest BCUT2D eigenvalue weighted by atomic mass is 10.1. The lowest BCUT2D eigenvalue weighted by Crippen LogP contribution is -2.13. The fourth-order valence-electron chi connectivity index (χ4n) is 1.58. The number of primary amides is 1. The van der Waals surface area contributed by atoms with Crippen molar-refractivity contribution in [1.29, 1.82) is 0 Å². The predicted octanol–water partition coefficient (Wildman–Crippen LogP) is 3.00. The summed E-state index contributed by atoms with van der Waals surface area (Å²) < 4.78 is 50.7. The van der Waals surface area contributed by atoms with Crippen LogP contribution < -0.4 is 5.73 Å². The first-order chi connectivity index (χ1) is 9.27. The Hall–Kier alpha value is -1.96. The van der Waals surface area contributed by atoms with Gasteiger partial charge in [-0.25, -0.2) is 9.37 Å². The first-order valence-corrected chi connectivity index (χ1v) is 6.25. The highest BCUT2D eigenvalue weighted by Gasteiger charge is 2.34. The molecule has 0 saturated carbocycles. The Balaban J connectivity index is 2.32. The number of benzene rings is 1. The van der Waals surface area contributed by atoms with Gasteiger partial charge in [0.15, 0.2) is 0 Å². The number of rotatable bonds is 3. The summed E-state index contributed by atoms with van der Waals surface area (Å²) in [6.07, 6.45) is -4.80. The Morgan fingerprint density at radius 3 is 2.60 bits per heavy atom. The van der Waals surface area contributed by atoms with Crippen LogP contribution in [-0.4, -0.2) is 10.9 Å². The van der Waals surface area contributed by atoms with Crippen molar-refractivity contribution in [1.82, 2.24) is 4.98 Å². The molecule has 20 heavy (non-hydrogen) atoms. The zero-order valence-electron chi connectivity index (χ0n) is 9.87. The minimum absolute atomic E-state index is 0.0617. The number of nitrogens with two attached hydrogens (primary N) is 1. The highest BCUT2D eigenvalue weighted by Crippen LogP contribution is 2.33. The van der Waals surface area contributed by atoms with E-state index in [1.807, 2.05) is 0 Å². The summed E-state index contributed by atoms with van der Waals surface area (Å²) in [5.41, 5.74) is 4.20. The van der Waals surface area contributed by atoms with E-state index in [0.717, 1.165) is 23.5 Å². The van der Waals surface area contributed by atoms with Gasteiger partial charge in [0.2, 0.25) is 5.91 Å². The molecule has 0 unspecified atom stereocenters. The van der Waals surface area contributed by atoms with Crippen LogP contribution in [0.25, 0.3) is 11.3 Å². The Bertz CT molecular complexity index is 651. The van der Waals surface area contributed by atoms with E-state index in [1.54, 1.807) is 0 Å². The van der Waals surface area contributed by atoms with E-state index in [1.165, 1.54) is 5.38 Å². The van der Waals surface area contributed by atoms with E-state index in [2.05, 4.69) is 4.98 Å². The van der Waals surface area contributed by atoms with Crippen molar-refractivity contribution in [2.75, 3.05) is 0 Å². The van der Waals surface area contributed by atoms with Crippen molar-refractivity contribution in [3.8, 4) is 11.3 Å². The molecule has 0 fully saturated rings. The Labute approximate surface area is 115 Å². The standard InChI is InChI=1S/C12H8F4N2OS/c13-8-3-6(1-2-7(8)12(14,15)16)9-5-20-11(18-9)4-10(17)19/h1-3,5H,4H2,(H2,17,19). The zero-order chi connectivity index (χ0) is 14.9. The largest absolute Gasteiger partial charge is 0.419 e. The van der Waals surface area contributed by atoms with Gasteiger partial charge in [0.25, 0.3) is 0 Å². The van der Waals surface area contributed by atoms with Gasteiger partial charge in [-0.2, -0.15) is 13.2 Å². The molecule has 0 aliphatic rings. The maximum absolute atomic E-state index is 13.4. The van der Waals surface area contributed by atoms with E-state index in [4.69, 9.17) is 5.73 Å². The molecule has 106 valence electrons. The van der Waals surface area contributed by atoms with Crippen LogP contribution in [0.3, 0.4) is 0 Å². The Morgan fingerprint density at radius 1 is 1.35 bits per heavy atom. The number of hydrogen-bond acceptors (Lipinski definition) is 3. The van der Waals surface area contributed by atoms with E-state index in [-0.39, 0.29) is 12.0 Å². The van der Waals surface area contributed by atoms with E-state index in [0.29, 0.717) is 16.8 Å². The van der Waals surface area contributed by atoms with Crippen LogP contribution in [0.4, 0.5) is 17.6 Å². The topological polar surface area (TPSA) is 56.0 Å². The molecule has 0 saturated heterocycles. The van der Waals surface area contributed by atoms with Crippen LogP contribution in [0.15, 0.2) is 23.6 Å². The van der Waals surface area contributed by atoms with Gasteiger partial charge in [0, 0.05) is 10.9 Å². The second kappa shape index (κ2) is 5.20. The van der Waals surface area contributed by atoms with Gasteiger partial charge in [0.1, 0.15) is 10.8 Å². The molecule has 2 N–H and O–H groups in total. The Morgan fingerprint density at radius 2 is 2.05 bits per heavy atom. The molecule has 2 aromatic rings. The zero-order valence-corrected chi connectivity index (χ0v) is 10.7. The summed E-state index contributed by atoms with van der Waals surface area (Å²) in [5.74, 6) is -1.93. The monoisotopic (exact) mass is 304 g/mol. The minimum Gasteiger partial charge on any atom is -0.369 e. The third kappa shape index (κ3) is 3.13. The van der Waals surface area contributed by atoms with Crippen molar-refractivity contribution in [3.05, 3.63) is 40.0 Å². The first-order valence-electron chi connectivity index (χ1n) is 5.37. The van der Waals surface area contributed by atoms with Crippen molar-refractivity contribution >= 4 is 17.2 Å². The van der Waals surface area contributed by atoms with Gasteiger partial charge >= 0.3 is 6.18 Å². The number of carbonyl (C=O) groups excluding carboxylic acids is 1. The molecule has 3 nitrogen and oxygen atoms in total. The number of aromatic nitrogens is 1. The van der Waals surface area contributed by atoms with Crippen LogP contribution >= 0.6 is 11.3 Å². The van der Waals surface area contributed by atoms with Gasteiger partial charge < -0.3 is 5.73 Å². The smallest absolute Gasteiger partial charge is 0.369 e. The number of nitrogens with zero attached hydrogens (tertiary/aromatic N) is 1. The van der Waals surface area contributed by atoms with Crippen LogP contribution in [0.2, 0.25) is 0 Å². The summed E-state index contributed by atoms with van der Waals surface area (Å²) in [6, 6.07) is 2.57. The van der Waals surface area contributed by atoms with Gasteiger partial charge in [0.05, 0.1) is 17.7 Å². The van der Waals surface area contributed by atoms with E-state index < -0.39 is 23.5 Å². The van der Waals surface area contributed by atoms with Crippen molar-refractivity contribution in [3.63, 3.8) is 0 Å².